The summed E-state index contributed by atoms with van der Waals surface area (Å²) in [6.07, 6.45) is -6.53. The van der Waals surface area contributed by atoms with Crippen molar-refractivity contribution in [3.05, 3.63) is 35.4 Å². The summed E-state index contributed by atoms with van der Waals surface area (Å²) in [6, 6.07) is 3.16. The van der Waals surface area contributed by atoms with Crippen LogP contribution in [0.25, 0.3) is 0 Å². The smallest absolute Gasteiger partial charge is 0.416 e. The van der Waals surface area contributed by atoms with Crippen LogP contribution in [0, 0.1) is 0 Å². The van der Waals surface area contributed by atoms with Crippen LogP contribution in [-0.2, 0) is 15.7 Å². The highest BCUT2D eigenvalue weighted by atomic mass is 79.9. The Hall–Kier alpha value is -1.15. The van der Waals surface area contributed by atoms with E-state index in [-0.39, 0.29) is 12.2 Å². The number of hydrogen-bond acceptors (Lipinski definition) is 3. The number of benzene rings is 1. The SMILES string of the molecule is CCOC(=O)C(F)(Br)C(O)c1ccc(C(F)(F)F)cc1. The molecule has 0 aliphatic heterocycles. The van der Waals surface area contributed by atoms with E-state index in [0.29, 0.717) is 12.1 Å². The van der Waals surface area contributed by atoms with Gasteiger partial charge in [0.15, 0.2) is 0 Å². The summed E-state index contributed by atoms with van der Waals surface area (Å²) in [5, 5.41) is 9.74. The largest absolute Gasteiger partial charge is 0.463 e. The molecule has 1 rings (SSSR count). The molecule has 0 bridgehead atoms. The van der Waals surface area contributed by atoms with Crippen LogP contribution in [0.5, 0.6) is 0 Å². The first-order valence-electron chi connectivity index (χ1n) is 5.51. The third-order valence-corrected chi connectivity index (χ3v) is 3.20. The topological polar surface area (TPSA) is 46.5 Å². The quantitative estimate of drug-likeness (QED) is 0.510. The minimum absolute atomic E-state index is 0.101. The Balaban J connectivity index is 2.97. The van der Waals surface area contributed by atoms with E-state index in [1.54, 1.807) is 0 Å². The highest BCUT2D eigenvalue weighted by Gasteiger charge is 2.46. The average molecular weight is 359 g/mol. The molecule has 1 aromatic rings. The van der Waals surface area contributed by atoms with Crippen molar-refractivity contribution in [1.82, 2.24) is 0 Å². The predicted octanol–water partition coefficient (Wildman–Crippen LogP) is 3.36. The normalized spacial score (nSPS) is 16.4. The van der Waals surface area contributed by atoms with Crippen molar-refractivity contribution in [2.45, 2.75) is 23.8 Å². The molecule has 0 heterocycles. The van der Waals surface area contributed by atoms with Gasteiger partial charge in [-0.15, -0.1) is 0 Å². The lowest BCUT2D eigenvalue weighted by Crippen LogP contribution is -2.35. The van der Waals surface area contributed by atoms with Gasteiger partial charge in [0.25, 0.3) is 4.58 Å². The van der Waals surface area contributed by atoms with Crippen molar-refractivity contribution in [3.63, 3.8) is 0 Å². The highest BCUT2D eigenvalue weighted by molar-refractivity contribution is 9.10. The Labute approximate surface area is 120 Å². The Morgan fingerprint density at radius 3 is 2.20 bits per heavy atom. The zero-order chi connectivity index (χ0) is 15.6. The van der Waals surface area contributed by atoms with Crippen molar-refractivity contribution in [2.75, 3.05) is 6.61 Å². The van der Waals surface area contributed by atoms with Crippen LogP contribution in [0.2, 0.25) is 0 Å². The summed E-state index contributed by atoms with van der Waals surface area (Å²) < 4.78 is 52.6. The van der Waals surface area contributed by atoms with Crippen LogP contribution >= 0.6 is 15.9 Å². The van der Waals surface area contributed by atoms with Gasteiger partial charge in [0.2, 0.25) is 0 Å². The van der Waals surface area contributed by atoms with E-state index >= 15 is 0 Å². The molecule has 20 heavy (non-hydrogen) atoms. The predicted molar refractivity (Wildman–Crippen MR) is 65.8 cm³/mol. The lowest BCUT2D eigenvalue weighted by atomic mass is 10.0. The molecule has 0 aliphatic rings. The van der Waals surface area contributed by atoms with Crippen molar-refractivity contribution in [3.8, 4) is 0 Å². The number of esters is 1. The molecule has 0 saturated heterocycles. The molecule has 0 aromatic heterocycles. The van der Waals surface area contributed by atoms with Crippen LogP contribution in [0.1, 0.15) is 24.2 Å². The zero-order valence-electron chi connectivity index (χ0n) is 10.2. The fourth-order valence-electron chi connectivity index (χ4n) is 1.40. The van der Waals surface area contributed by atoms with Crippen molar-refractivity contribution in [2.24, 2.45) is 0 Å². The monoisotopic (exact) mass is 358 g/mol. The number of alkyl halides is 5. The van der Waals surface area contributed by atoms with Gasteiger partial charge in [-0.1, -0.05) is 12.1 Å². The van der Waals surface area contributed by atoms with Gasteiger partial charge in [0, 0.05) is 0 Å². The minimum Gasteiger partial charge on any atom is -0.463 e. The second kappa shape index (κ2) is 6.09. The Morgan fingerprint density at radius 2 is 1.80 bits per heavy atom. The maximum absolute atomic E-state index is 14.1. The lowest BCUT2D eigenvalue weighted by molar-refractivity contribution is -0.156. The third kappa shape index (κ3) is 3.69. The molecule has 0 aliphatic carbocycles. The first kappa shape index (κ1) is 16.9. The molecular weight excluding hydrogens is 348 g/mol. The number of halogens is 5. The van der Waals surface area contributed by atoms with Gasteiger partial charge in [-0.3, -0.25) is 0 Å². The van der Waals surface area contributed by atoms with Crippen molar-refractivity contribution in [1.29, 1.82) is 0 Å². The summed E-state index contributed by atoms with van der Waals surface area (Å²) in [4.78, 5) is 11.3. The van der Waals surface area contributed by atoms with Crippen LogP contribution in [0.4, 0.5) is 17.6 Å². The average Bonchev–Trinajstić information content (AvgIpc) is 2.37. The molecule has 0 spiro atoms. The fraction of sp³-hybridized carbons (Fsp3) is 0.417. The van der Waals surface area contributed by atoms with E-state index in [1.807, 2.05) is 0 Å². The first-order chi connectivity index (χ1) is 9.10. The van der Waals surface area contributed by atoms with Gasteiger partial charge in [-0.2, -0.15) is 13.2 Å². The van der Waals surface area contributed by atoms with Crippen molar-refractivity contribution >= 4 is 21.9 Å². The maximum Gasteiger partial charge on any atom is 0.416 e. The summed E-state index contributed by atoms with van der Waals surface area (Å²) in [5.74, 6) is -1.35. The molecule has 8 heteroatoms. The summed E-state index contributed by atoms with van der Waals surface area (Å²) in [6.45, 7) is 1.35. The molecular formula is C12H11BrF4O3. The second-order valence-corrected chi connectivity index (χ2v) is 5.02. The third-order valence-electron chi connectivity index (χ3n) is 2.44. The molecule has 1 N–H and O–H groups in total. The van der Waals surface area contributed by atoms with Gasteiger partial charge in [0.1, 0.15) is 6.10 Å². The van der Waals surface area contributed by atoms with Crippen molar-refractivity contribution < 1.29 is 32.2 Å². The number of carbonyl (C=O) groups is 1. The summed E-state index contributed by atoms with van der Waals surface area (Å²) >= 11 is 2.40. The number of rotatable bonds is 4. The molecule has 3 nitrogen and oxygen atoms in total. The Kier molecular flexibility index (Phi) is 5.15. The van der Waals surface area contributed by atoms with Gasteiger partial charge >= 0.3 is 12.1 Å². The van der Waals surface area contributed by atoms with Crippen LogP contribution < -0.4 is 0 Å². The van der Waals surface area contributed by atoms with E-state index in [9.17, 15) is 27.5 Å². The van der Waals surface area contributed by atoms with Gasteiger partial charge in [0.05, 0.1) is 12.2 Å². The number of carbonyl (C=O) groups excluding carboxylic acids is 1. The van der Waals surface area contributed by atoms with E-state index < -0.39 is 28.4 Å². The molecule has 0 radical (unpaired) electrons. The minimum atomic E-state index is -4.54. The summed E-state index contributed by atoms with van der Waals surface area (Å²) in [7, 11) is 0. The summed E-state index contributed by atoms with van der Waals surface area (Å²) in [5.41, 5.74) is -1.13. The van der Waals surface area contributed by atoms with E-state index in [2.05, 4.69) is 20.7 Å². The lowest BCUT2D eigenvalue weighted by Gasteiger charge is -2.23. The molecule has 1 aromatic carbocycles. The van der Waals surface area contributed by atoms with E-state index in [4.69, 9.17) is 0 Å². The Morgan fingerprint density at radius 1 is 1.30 bits per heavy atom. The van der Waals surface area contributed by atoms with Crippen LogP contribution in [-0.4, -0.2) is 22.3 Å². The maximum atomic E-state index is 14.1. The second-order valence-electron chi connectivity index (χ2n) is 3.87. The Bertz CT molecular complexity index is 471. The number of aliphatic hydroxyl groups excluding tert-OH is 1. The van der Waals surface area contributed by atoms with E-state index in [0.717, 1.165) is 12.1 Å². The van der Waals surface area contributed by atoms with Gasteiger partial charge in [-0.25, -0.2) is 9.18 Å². The zero-order valence-corrected chi connectivity index (χ0v) is 11.8. The molecule has 2 unspecified atom stereocenters. The van der Waals surface area contributed by atoms with E-state index in [1.165, 1.54) is 6.92 Å². The molecule has 0 fully saturated rings. The standard InChI is InChI=1S/C12H11BrF4O3/c1-2-20-10(19)11(13,14)9(18)7-3-5-8(6-4-7)12(15,16)17/h3-6,9,18H,2H2,1H3. The molecule has 112 valence electrons. The van der Waals surface area contributed by atoms with Gasteiger partial charge in [-0.05, 0) is 40.5 Å². The first-order valence-corrected chi connectivity index (χ1v) is 6.30. The van der Waals surface area contributed by atoms with Crippen LogP contribution in [0.15, 0.2) is 24.3 Å². The number of aliphatic hydroxyl groups is 1. The molecule has 2 atom stereocenters. The number of hydrogen-bond donors (Lipinski definition) is 1. The molecule has 0 saturated carbocycles. The highest BCUT2D eigenvalue weighted by Crippen LogP contribution is 2.37. The van der Waals surface area contributed by atoms with Crippen LogP contribution in [0.3, 0.4) is 0 Å². The number of ether oxygens (including phenoxy) is 1. The van der Waals surface area contributed by atoms with Gasteiger partial charge < -0.3 is 9.84 Å². The fourth-order valence-corrected chi connectivity index (χ4v) is 1.78. The molecule has 0 amide bonds.